The Hall–Kier alpha value is -1.08. The summed E-state index contributed by atoms with van der Waals surface area (Å²) in [6, 6.07) is 4.88. The Bertz CT molecular complexity index is 391. The molecule has 80 valence electrons. The Morgan fingerprint density at radius 3 is 2.53 bits per heavy atom. The number of nitrogens with two attached hydrogens (primary N) is 1. The Balaban J connectivity index is 2.47. The fourth-order valence-corrected chi connectivity index (χ4v) is 2.30. The summed E-state index contributed by atoms with van der Waals surface area (Å²) >= 11 is 0. The lowest BCUT2D eigenvalue weighted by molar-refractivity contribution is 0.799. The molecule has 0 fully saturated rings. The van der Waals surface area contributed by atoms with Gasteiger partial charge in [0.1, 0.15) is 0 Å². The van der Waals surface area contributed by atoms with Crippen LogP contribution in [0, 0.1) is 0 Å². The minimum atomic E-state index is 0.203. The highest BCUT2D eigenvalue weighted by Crippen LogP contribution is 2.24. The maximum absolute atomic E-state index is 5.92. The van der Waals surface area contributed by atoms with Crippen molar-refractivity contribution in [2.75, 3.05) is 0 Å². The van der Waals surface area contributed by atoms with E-state index < -0.39 is 0 Å². The molecule has 1 aliphatic carbocycles. The van der Waals surface area contributed by atoms with Gasteiger partial charge in [-0.15, -0.1) is 0 Å². The first kappa shape index (κ1) is 10.4. The van der Waals surface area contributed by atoms with Crippen LogP contribution in [0.4, 0.5) is 0 Å². The molecule has 0 saturated heterocycles. The summed E-state index contributed by atoms with van der Waals surface area (Å²) in [6.45, 7) is 4.44. The molecule has 0 heterocycles. The molecule has 1 atom stereocenters. The van der Waals surface area contributed by atoms with Gasteiger partial charge in [0.2, 0.25) is 0 Å². The summed E-state index contributed by atoms with van der Waals surface area (Å²) in [5.74, 6) is 0. The molecule has 1 unspecified atom stereocenters. The predicted octanol–water partition coefficient (Wildman–Crippen LogP) is 2.71. The highest BCUT2D eigenvalue weighted by molar-refractivity contribution is 5.60. The summed E-state index contributed by atoms with van der Waals surface area (Å²) in [6.07, 6.45) is 7.50. The lowest BCUT2D eigenvalue weighted by Crippen LogP contribution is -2.22. The zero-order chi connectivity index (χ0) is 10.8. The summed E-state index contributed by atoms with van der Waals surface area (Å²) < 4.78 is 0. The van der Waals surface area contributed by atoms with Crippen molar-refractivity contribution in [2.24, 2.45) is 5.73 Å². The maximum atomic E-state index is 5.92. The third-order valence-corrected chi connectivity index (χ3v) is 3.20. The highest BCUT2D eigenvalue weighted by atomic mass is 14.6. The molecule has 0 spiro atoms. The molecular weight excluding hydrogens is 182 g/mol. The van der Waals surface area contributed by atoms with Crippen molar-refractivity contribution in [3.8, 4) is 0 Å². The van der Waals surface area contributed by atoms with Gasteiger partial charge in [0.25, 0.3) is 0 Å². The van der Waals surface area contributed by atoms with Crippen LogP contribution in [0.5, 0.6) is 0 Å². The summed E-state index contributed by atoms with van der Waals surface area (Å²) in [5.41, 5.74) is 11.7. The summed E-state index contributed by atoms with van der Waals surface area (Å²) in [4.78, 5) is 0. The lowest BCUT2D eigenvalue weighted by atomic mass is 9.89. The zero-order valence-corrected chi connectivity index (χ0v) is 9.59. The van der Waals surface area contributed by atoms with Crippen LogP contribution in [0.1, 0.15) is 36.1 Å². The fourth-order valence-electron chi connectivity index (χ4n) is 2.30. The largest absolute Gasteiger partial charge is 0.324 e. The van der Waals surface area contributed by atoms with Crippen LogP contribution < -0.4 is 5.73 Å². The molecule has 0 radical (unpaired) electrons. The average Bonchev–Trinajstić information content (AvgIpc) is 2.27. The third-order valence-electron chi connectivity index (χ3n) is 3.20. The van der Waals surface area contributed by atoms with E-state index in [1.807, 2.05) is 0 Å². The van der Waals surface area contributed by atoms with Crippen LogP contribution in [0.25, 0.3) is 6.08 Å². The van der Waals surface area contributed by atoms with Crippen molar-refractivity contribution >= 4 is 6.08 Å². The molecule has 0 aliphatic heterocycles. The number of rotatable bonds is 2. The second kappa shape index (κ2) is 4.19. The lowest BCUT2D eigenvalue weighted by Gasteiger charge is -2.18. The van der Waals surface area contributed by atoms with E-state index in [1.165, 1.54) is 22.3 Å². The molecule has 1 aromatic rings. The van der Waals surface area contributed by atoms with E-state index in [4.69, 9.17) is 5.73 Å². The molecule has 1 aromatic carbocycles. The van der Waals surface area contributed by atoms with Gasteiger partial charge in [0.05, 0.1) is 0 Å². The molecule has 1 aliphatic rings. The molecule has 0 aromatic heterocycles. The highest BCUT2D eigenvalue weighted by Gasteiger charge is 2.12. The van der Waals surface area contributed by atoms with E-state index in [9.17, 15) is 0 Å². The van der Waals surface area contributed by atoms with Crippen molar-refractivity contribution in [3.63, 3.8) is 0 Å². The number of hydrogen-bond acceptors (Lipinski definition) is 1. The molecule has 2 rings (SSSR count). The SMILES string of the molecule is CCc1cc2c(cc1CC)CC(N)C=C2. The topological polar surface area (TPSA) is 26.0 Å². The van der Waals surface area contributed by atoms with Crippen molar-refractivity contribution in [2.45, 2.75) is 39.2 Å². The summed E-state index contributed by atoms with van der Waals surface area (Å²) in [5, 5.41) is 0. The van der Waals surface area contributed by atoms with Gasteiger partial charge < -0.3 is 5.73 Å². The Kier molecular flexibility index (Phi) is 2.92. The zero-order valence-electron chi connectivity index (χ0n) is 9.59. The molecule has 0 amide bonds. The van der Waals surface area contributed by atoms with Crippen LogP contribution >= 0.6 is 0 Å². The van der Waals surface area contributed by atoms with E-state index in [0.717, 1.165) is 19.3 Å². The van der Waals surface area contributed by atoms with Gasteiger partial charge in [-0.25, -0.2) is 0 Å². The van der Waals surface area contributed by atoms with Crippen LogP contribution in [0.15, 0.2) is 18.2 Å². The van der Waals surface area contributed by atoms with Crippen LogP contribution in [0.2, 0.25) is 0 Å². The quantitative estimate of drug-likeness (QED) is 0.782. The molecule has 15 heavy (non-hydrogen) atoms. The van der Waals surface area contributed by atoms with Gasteiger partial charge >= 0.3 is 0 Å². The Morgan fingerprint density at radius 2 is 1.87 bits per heavy atom. The molecule has 1 heteroatoms. The molecule has 2 N–H and O–H groups in total. The van der Waals surface area contributed by atoms with Gasteiger partial charge in [-0.05, 0) is 41.5 Å². The second-order valence-corrected chi connectivity index (χ2v) is 4.25. The van der Waals surface area contributed by atoms with Crippen molar-refractivity contribution < 1.29 is 0 Å². The molecule has 0 saturated carbocycles. The van der Waals surface area contributed by atoms with E-state index in [-0.39, 0.29) is 6.04 Å². The first-order valence-electron chi connectivity index (χ1n) is 5.83. The van der Waals surface area contributed by atoms with Gasteiger partial charge in [0, 0.05) is 6.04 Å². The van der Waals surface area contributed by atoms with Crippen molar-refractivity contribution in [1.29, 1.82) is 0 Å². The molecule has 0 bridgehead atoms. The second-order valence-electron chi connectivity index (χ2n) is 4.25. The first-order valence-corrected chi connectivity index (χ1v) is 5.83. The van der Waals surface area contributed by atoms with Crippen LogP contribution in [0.3, 0.4) is 0 Å². The van der Waals surface area contributed by atoms with Gasteiger partial charge in [-0.2, -0.15) is 0 Å². The first-order chi connectivity index (χ1) is 7.24. The van der Waals surface area contributed by atoms with E-state index in [0.29, 0.717) is 0 Å². The monoisotopic (exact) mass is 201 g/mol. The third kappa shape index (κ3) is 1.98. The van der Waals surface area contributed by atoms with Crippen LogP contribution in [-0.4, -0.2) is 6.04 Å². The van der Waals surface area contributed by atoms with E-state index >= 15 is 0 Å². The average molecular weight is 201 g/mol. The van der Waals surface area contributed by atoms with Crippen molar-refractivity contribution in [3.05, 3.63) is 40.5 Å². The number of benzene rings is 1. The van der Waals surface area contributed by atoms with Gasteiger partial charge in [-0.1, -0.05) is 38.1 Å². The molecular formula is C14H19N. The van der Waals surface area contributed by atoms with Crippen LogP contribution in [-0.2, 0) is 19.3 Å². The van der Waals surface area contributed by atoms with Crippen molar-refractivity contribution in [1.82, 2.24) is 0 Å². The maximum Gasteiger partial charge on any atom is 0.0268 e. The molecule has 1 nitrogen and oxygen atoms in total. The normalized spacial score (nSPS) is 19.0. The number of aryl methyl sites for hydroxylation is 2. The number of fused-ring (bicyclic) bond motifs is 1. The fraction of sp³-hybridized carbons (Fsp3) is 0.429. The predicted molar refractivity (Wildman–Crippen MR) is 65.9 cm³/mol. The minimum Gasteiger partial charge on any atom is -0.324 e. The smallest absolute Gasteiger partial charge is 0.0268 e. The van der Waals surface area contributed by atoms with E-state index in [2.05, 4.69) is 38.1 Å². The number of hydrogen-bond donors (Lipinski definition) is 1. The standard InChI is InChI=1S/C14H19N/c1-3-10-7-12-5-6-14(15)9-13(12)8-11(10)4-2/h5-8,14H,3-4,9,15H2,1-2H3. The van der Waals surface area contributed by atoms with E-state index in [1.54, 1.807) is 0 Å². The summed E-state index contributed by atoms with van der Waals surface area (Å²) in [7, 11) is 0. The van der Waals surface area contributed by atoms with Gasteiger partial charge in [-0.3, -0.25) is 0 Å². The Labute approximate surface area is 92.0 Å². The minimum absolute atomic E-state index is 0.203. The van der Waals surface area contributed by atoms with Gasteiger partial charge in [0.15, 0.2) is 0 Å². The Morgan fingerprint density at radius 1 is 1.20 bits per heavy atom.